The average Bonchev–Trinajstić information content (AvgIpc) is 2.15. The van der Waals surface area contributed by atoms with Gasteiger partial charge in [0.25, 0.3) is 0 Å². The van der Waals surface area contributed by atoms with E-state index in [1.54, 1.807) is 0 Å². The minimum absolute atomic E-state index is 0.281. The van der Waals surface area contributed by atoms with E-state index < -0.39 is 32.2 Å². The molecule has 0 aromatic heterocycles. The van der Waals surface area contributed by atoms with Crippen molar-refractivity contribution in [1.82, 2.24) is 0 Å². The van der Waals surface area contributed by atoms with Gasteiger partial charge in [0.15, 0.2) is 9.84 Å². The van der Waals surface area contributed by atoms with E-state index in [1.807, 2.05) is 0 Å². The molecule has 0 fully saturated rings. The van der Waals surface area contributed by atoms with Gasteiger partial charge in [0, 0.05) is 0 Å². The number of carbonyl (C=O) groups is 2. The monoisotopic (exact) mass is 237 g/mol. The van der Waals surface area contributed by atoms with Gasteiger partial charge in [0.2, 0.25) is 5.91 Å². The lowest BCUT2D eigenvalue weighted by Gasteiger charge is -2.15. The number of methoxy groups -OCH3 is 1. The fraction of sp³-hybridized carbons (Fsp3) is 0.750. The summed E-state index contributed by atoms with van der Waals surface area (Å²) in [5, 5.41) is -2.27. The van der Waals surface area contributed by atoms with Crippen LogP contribution in [-0.4, -0.2) is 37.9 Å². The van der Waals surface area contributed by atoms with E-state index in [0.29, 0.717) is 0 Å². The highest BCUT2D eigenvalue weighted by Crippen LogP contribution is 2.12. The molecule has 0 radical (unpaired) electrons. The van der Waals surface area contributed by atoms with Crippen LogP contribution in [0.1, 0.15) is 20.3 Å². The van der Waals surface area contributed by atoms with Crippen molar-refractivity contribution in [2.45, 2.75) is 30.8 Å². The molecule has 1 amide bonds. The summed E-state index contributed by atoms with van der Waals surface area (Å²) in [7, 11) is -2.55. The molecule has 0 aliphatic carbocycles. The largest absolute Gasteiger partial charge is 0.469 e. The van der Waals surface area contributed by atoms with E-state index in [2.05, 4.69) is 4.74 Å². The summed E-state index contributed by atoms with van der Waals surface area (Å²) in [4.78, 5) is 21.6. The number of nitrogens with two attached hydrogens (primary N) is 1. The fourth-order valence-electron chi connectivity index (χ4n) is 0.945. The van der Waals surface area contributed by atoms with Crippen LogP contribution in [0, 0.1) is 0 Å². The highest BCUT2D eigenvalue weighted by atomic mass is 32.2. The summed E-state index contributed by atoms with van der Waals surface area (Å²) in [5.74, 6) is -1.56. The minimum Gasteiger partial charge on any atom is -0.469 e. The van der Waals surface area contributed by atoms with Gasteiger partial charge in [-0.05, 0) is 13.8 Å². The molecule has 2 N–H and O–H groups in total. The molecule has 88 valence electrons. The number of primary amides is 1. The van der Waals surface area contributed by atoms with E-state index in [4.69, 9.17) is 5.73 Å². The van der Waals surface area contributed by atoms with Crippen molar-refractivity contribution in [3.05, 3.63) is 0 Å². The molecule has 0 aromatic carbocycles. The van der Waals surface area contributed by atoms with Crippen molar-refractivity contribution in [2.75, 3.05) is 7.11 Å². The first-order valence-corrected chi connectivity index (χ1v) is 5.93. The second-order valence-electron chi connectivity index (χ2n) is 3.22. The van der Waals surface area contributed by atoms with Crippen LogP contribution in [0.5, 0.6) is 0 Å². The Hall–Kier alpha value is -1.11. The van der Waals surface area contributed by atoms with E-state index in [-0.39, 0.29) is 6.42 Å². The average molecular weight is 237 g/mol. The van der Waals surface area contributed by atoms with Crippen molar-refractivity contribution < 1.29 is 22.7 Å². The predicted octanol–water partition coefficient (Wildman–Crippen LogP) is -0.773. The van der Waals surface area contributed by atoms with Gasteiger partial charge in [-0.15, -0.1) is 0 Å². The maximum absolute atomic E-state index is 11.6. The molecule has 2 unspecified atom stereocenters. The summed E-state index contributed by atoms with van der Waals surface area (Å²) in [6, 6.07) is 0. The third-order valence-corrected chi connectivity index (χ3v) is 4.64. The van der Waals surface area contributed by atoms with Crippen LogP contribution in [0.25, 0.3) is 0 Å². The number of sulfone groups is 1. The first kappa shape index (κ1) is 13.9. The number of ether oxygens (including phenoxy) is 1. The zero-order valence-corrected chi connectivity index (χ0v) is 9.71. The molecule has 0 aromatic rings. The number of esters is 1. The van der Waals surface area contributed by atoms with Gasteiger partial charge in [-0.3, -0.25) is 9.59 Å². The normalized spacial score (nSPS) is 15.4. The Morgan fingerprint density at radius 3 is 2.13 bits per heavy atom. The lowest BCUT2D eigenvalue weighted by atomic mass is 10.3. The van der Waals surface area contributed by atoms with E-state index in [0.717, 1.165) is 0 Å². The predicted molar refractivity (Wildman–Crippen MR) is 53.7 cm³/mol. The van der Waals surface area contributed by atoms with Crippen LogP contribution in [0.2, 0.25) is 0 Å². The standard InChI is InChI=1S/C8H15NO5S/c1-5(4-7(10)14-3)15(12,13)6(2)8(9)11/h5-6H,4H2,1-3H3,(H2,9,11). The van der Waals surface area contributed by atoms with E-state index >= 15 is 0 Å². The number of rotatable bonds is 5. The van der Waals surface area contributed by atoms with Gasteiger partial charge in [0.1, 0.15) is 5.25 Å². The molecule has 0 saturated carbocycles. The Kier molecular flexibility index (Phi) is 4.73. The van der Waals surface area contributed by atoms with Gasteiger partial charge in [-0.1, -0.05) is 0 Å². The summed E-state index contributed by atoms with van der Waals surface area (Å²) >= 11 is 0. The van der Waals surface area contributed by atoms with Crippen LogP contribution in [0.3, 0.4) is 0 Å². The third-order valence-electron chi connectivity index (χ3n) is 2.14. The van der Waals surface area contributed by atoms with Crippen LogP contribution < -0.4 is 5.73 Å². The van der Waals surface area contributed by atoms with Crippen molar-refractivity contribution in [3.63, 3.8) is 0 Å². The SMILES string of the molecule is COC(=O)CC(C)S(=O)(=O)C(C)C(N)=O. The number of hydrogen-bond acceptors (Lipinski definition) is 5. The van der Waals surface area contributed by atoms with Gasteiger partial charge < -0.3 is 10.5 Å². The zero-order valence-electron chi connectivity index (χ0n) is 8.89. The Bertz CT molecular complexity index is 348. The van der Waals surface area contributed by atoms with Gasteiger partial charge in [-0.2, -0.15) is 0 Å². The van der Waals surface area contributed by atoms with Crippen molar-refractivity contribution in [1.29, 1.82) is 0 Å². The molecule has 0 rings (SSSR count). The molecule has 15 heavy (non-hydrogen) atoms. The molecule has 0 heterocycles. The van der Waals surface area contributed by atoms with Gasteiger partial charge in [-0.25, -0.2) is 8.42 Å². The molecule has 7 heteroatoms. The highest BCUT2D eigenvalue weighted by Gasteiger charge is 2.33. The molecule has 0 aliphatic rings. The summed E-state index contributed by atoms with van der Waals surface area (Å²) < 4.78 is 27.6. The number of amides is 1. The lowest BCUT2D eigenvalue weighted by molar-refractivity contribution is -0.140. The molecule has 0 saturated heterocycles. The summed E-state index contributed by atoms with van der Waals surface area (Å²) in [6.45, 7) is 2.54. The molecule has 6 nitrogen and oxygen atoms in total. The number of carbonyl (C=O) groups excluding carboxylic acids is 2. The van der Waals surface area contributed by atoms with Crippen molar-refractivity contribution >= 4 is 21.7 Å². The molecule has 0 bridgehead atoms. The Labute approximate surface area is 88.7 Å². The molecule has 2 atom stereocenters. The maximum Gasteiger partial charge on any atom is 0.306 e. The first-order chi connectivity index (χ1) is 6.73. The third kappa shape index (κ3) is 3.50. The number of hydrogen-bond donors (Lipinski definition) is 1. The second kappa shape index (κ2) is 5.11. The Morgan fingerprint density at radius 1 is 1.33 bits per heavy atom. The molecule has 0 spiro atoms. The van der Waals surface area contributed by atoms with Gasteiger partial charge in [0.05, 0.1) is 18.8 Å². The van der Waals surface area contributed by atoms with Crippen LogP contribution in [-0.2, 0) is 24.2 Å². The molecular weight excluding hydrogens is 222 g/mol. The van der Waals surface area contributed by atoms with Crippen molar-refractivity contribution in [3.8, 4) is 0 Å². The van der Waals surface area contributed by atoms with E-state index in [1.165, 1.54) is 21.0 Å². The zero-order chi connectivity index (χ0) is 12.2. The van der Waals surface area contributed by atoms with Crippen LogP contribution in [0.4, 0.5) is 0 Å². The summed E-state index contributed by atoms with van der Waals surface area (Å²) in [6.07, 6.45) is -0.281. The first-order valence-electron chi connectivity index (χ1n) is 4.32. The highest BCUT2D eigenvalue weighted by molar-refractivity contribution is 7.93. The summed E-state index contributed by atoms with van der Waals surface area (Å²) in [5.41, 5.74) is 4.89. The van der Waals surface area contributed by atoms with Crippen LogP contribution in [0.15, 0.2) is 0 Å². The quantitative estimate of drug-likeness (QED) is 0.632. The maximum atomic E-state index is 11.6. The molecular formula is C8H15NO5S. The fourth-order valence-corrected chi connectivity index (χ4v) is 2.33. The second-order valence-corrected chi connectivity index (χ2v) is 5.91. The topological polar surface area (TPSA) is 104 Å². The lowest BCUT2D eigenvalue weighted by Crippen LogP contribution is -2.39. The molecule has 0 aliphatic heterocycles. The van der Waals surface area contributed by atoms with Crippen molar-refractivity contribution in [2.24, 2.45) is 5.73 Å². The smallest absolute Gasteiger partial charge is 0.306 e. The Morgan fingerprint density at radius 2 is 1.80 bits per heavy atom. The Balaban J connectivity index is 4.74. The van der Waals surface area contributed by atoms with Crippen LogP contribution >= 0.6 is 0 Å². The van der Waals surface area contributed by atoms with Gasteiger partial charge >= 0.3 is 5.97 Å². The minimum atomic E-state index is -3.72. The van der Waals surface area contributed by atoms with E-state index in [9.17, 15) is 18.0 Å².